The minimum absolute atomic E-state index is 0.211. The number of hydrogen-bond donors (Lipinski definition) is 1. The van der Waals surface area contributed by atoms with Gasteiger partial charge in [0.05, 0.1) is 0 Å². The van der Waals surface area contributed by atoms with Gasteiger partial charge in [-0.1, -0.05) is 36.4 Å². The first-order valence-corrected chi connectivity index (χ1v) is 7.57. The highest BCUT2D eigenvalue weighted by atomic mass is 16.6. The quantitative estimate of drug-likeness (QED) is 0.581. The van der Waals surface area contributed by atoms with Crippen molar-refractivity contribution in [3.63, 3.8) is 0 Å². The summed E-state index contributed by atoms with van der Waals surface area (Å²) in [7, 11) is 0. The molecule has 0 fully saturated rings. The molecule has 0 bridgehead atoms. The van der Waals surface area contributed by atoms with Gasteiger partial charge in [-0.25, -0.2) is 9.31 Å². The van der Waals surface area contributed by atoms with Gasteiger partial charge in [0.25, 0.3) is 0 Å². The standard InChI is InChI=1S/C16H13N7O2/c24-16(17-9-11-6-7-13-14(8-11)20-25-19-13)15(23-10-18-21-22-23)12-4-2-1-3-5-12/h1-8,10,15H,9H2,(H,17,24)/t15-/m0/s1. The van der Waals surface area contributed by atoms with Crippen LogP contribution in [-0.4, -0.2) is 36.4 Å². The first kappa shape index (κ1) is 14.9. The topological polar surface area (TPSA) is 112 Å². The molecular formula is C16H13N7O2. The third kappa shape index (κ3) is 3.07. The molecule has 2 heterocycles. The minimum Gasteiger partial charge on any atom is -0.350 e. The van der Waals surface area contributed by atoms with Crippen LogP contribution < -0.4 is 5.32 Å². The maximum Gasteiger partial charge on any atom is 0.249 e. The Hall–Kier alpha value is -3.62. The summed E-state index contributed by atoms with van der Waals surface area (Å²) in [6, 6.07) is 14.2. The molecule has 0 radical (unpaired) electrons. The molecule has 4 rings (SSSR count). The molecule has 9 heteroatoms. The van der Waals surface area contributed by atoms with Gasteiger partial charge >= 0.3 is 0 Å². The Balaban J connectivity index is 1.54. The minimum atomic E-state index is -0.645. The van der Waals surface area contributed by atoms with Crippen molar-refractivity contribution >= 4 is 16.9 Å². The van der Waals surface area contributed by atoms with Crippen LogP contribution in [0.4, 0.5) is 0 Å². The maximum atomic E-state index is 12.8. The summed E-state index contributed by atoms with van der Waals surface area (Å²) in [5.41, 5.74) is 3.00. The van der Waals surface area contributed by atoms with Gasteiger partial charge in [0.2, 0.25) is 5.91 Å². The molecule has 0 spiro atoms. The summed E-state index contributed by atoms with van der Waals surface area (Å²) in [6.45, 7) is 0.340. The molecule has 0 saturated carbocycles. The van der Waals surface area contributed by atoms with Gasteiger partial charge in [-0.05, 0) is 44.0 Å². The van der Waals surface area contributed by atoms with E-state index in [1.807, 2.05) is 42.5 Å². The van der Waals surface area contributed by atoms with Crippen molar-refractivity contribution in [1.29, 1.82) is 0 Å². The highest BCUT2D eigenvalue weighted by Crippen LogP contribution is 2.17. The second kappa shape index (κ2) is 6.48. The number of benzene rings is 2. The van der Waals surface area contributed by atoms with Crippen LogP contribution >= 0.6 is 0 Å². The Morgan fingerprint density at radius 3 is 2.76 bits per heavy atom. The average molecular weight is 335 g/mol. The van der Waals surface area contributed by atoms with E-state index in [9.17, 15) is 4.79 Å². The number of carbonyl (C=O) groups is 1. The summed E-state index contributed by atoms with van der Waals surface area (Å²) >= 11 is 0. The molecule has 25 heavy (non-hydrogen) atoms. The molecule has 1 N–H and O–H groups in total. The molecule has 2 aromatic carbocycles. The molecule has 9 nitrogen and oxygen atoms in total. The van der Waals surface area contributed by atoms with E-state index in [1.165, 1.54) is 11.0 Å². The van der Waals surface area contributed by atoms with Gasteiger partial charge in [-0.3, -0.25) is 4.79 Å². The average Bonchev–Trinajstić information content (AvgIpc) is 3.32. The Morgan fingerprint density at radius 1 is 1.12 bits per heavy atom. The zero-order valence-corrected chi connectivity index (χ0v) is 13.0. The number of nitrogens with one attached hydrogen (secondary N) is 1. The van der Waals surface area contributed by atoms with Crippen LogP contribution in [0.25, 0.3) is 11.0 Å². The number of rotatable bonds is 5. The Morgan fingerprint density at radius 2 is 1.96 bits per heavy atom. The third-order valence-corrected chi connectivity index (χ3v) is 3.78. The predicted octanol–water partition coefficient (Wildman–Crippen LogP) is 1.12. The summed E-state index contributed by atoms with van der Waals surface area (Å²) in [6.07, 6.45) is 1.42. The first-order valence-electron chi connectivity index (χ1n) is 7.57. The molecule has 0 saturated heterocycles. The van der Waals surface area contributed by atoms with Gasteiger partial charge in [-0.2, -0.15) is 0 Å². The lowest BCUT2D eigenvalue weighted by atomic mass is 10.1. The zero-order chi connectivity index (χ0) is 17.1. The first-order chi connectivity index (χ1) is 12.3. The molecule has 2 aromatic heterocycles. The largest absolute Gasteiger partial charge is 0.350 e. The smallest absolute Gasteiger partial charge is 0.249 e. The van der Waals surface area contributed by atoms with Crippen LogP contribution in [0.1, 0.15) is 17.2 Å². The summed E-state index contributed by atoms with van der Waals surface area (Å²) in [4.78, 5) is 12.8. The van der Waals surface area contributed by atoms with Crippen molar-refractivity contribution in [2.75, 3.05) is 0 Å². The third-order valence-electron chi connectivity index (χ3n) is 3.78. The highest BCUT2D eigenvalue weighted by Gasteiger charge is 2.23. The lowest BCUT2D eigenvalue weighted by molar-refractivity contribution is -0.123. The van der Waals surface area contributed by atoms with Crippen LogP contribution in [0.2, 0.25) is 0 Å². The Bertz CT molecular complexity index is 982. The molecule has 1 amide bonds. The van der Waals surface area contributed by atoms with Gasteiger partial charge in [0.15, 0.2) is 6.04 Å². The fourth-order valence-electron chi connectivity index (χ4n) is 2.57. The van der Waals surface area contributed by atoms with Crippen LogP contribution in [0.3, 0.4) is 0 Å². The van der Waals surface area contributed by atoms with Crippen molar-refractivity contribution in [3.05, 3.63) is 66.0 Å². The maximum absolute atomic E-state index is 12.8. The lowest BCUT2D eigenvalue weighted by Gasteiger charge is -2.16. The fraction of sp³-hybridized carbons (Fsp3) is 0.125. The summed E-state index contributed by atoms with van der Waals surface area (Å²) < 4.78 is 6.10. The zero-order valence-electron chi connectivity index (χ0n) is 13.0. The van der Waals surface area contributed by atoms with Gasteiger partial charge in [0.1, 0.15) is 17.4 Å². The molecule has 4 aromatic rings. The number of carbonyl (C=O) groups excluding carboxylic acids is 1. The van der Waals surface area contributed by atoms with Crippen molar-refractivity contribution < 1.29 is 9.42 Å². The predicted molar refractivity (Wildman–Crippen MR) is 86.0 cm³/mol. The molecule has 0 aliphatic rings. The van der Waals surface area contributed by atoms with Crippen LogP contribution in [0, 0.1) is 0 Å². The van der Waals surface area contributed by atoms with Crippen LogP contribution in [0.15, 0.2) is 59.5 Å². The number of aromatic nitrogens is 6. The second-order valence-electron chi connectivity index (χ2n) is 5.41. The van der Waals surface area contributed by atoms with E-state index in [0.29, 0.717) is 17.6 Å². The molecule has 1 atom stereocenters. The monoisotopic (exact) mass is 335 g/mol. The van der Waals surface area contributed by atoms with Crippen LogP contribution in [-0.2, 0) is 11.3 Å². The number of amides is 1. The van der Waals surface area contributed by atoms with Crippen molar-refractivity contribution in [1.82, 2.24) is 35.8 Å². The molecule has 0 unspecified atom stereocenters. The van der Waals surface area contributed by atoms with Gasteiger partial charge in [0, 0.05) is 6.54 Å². The van der Waals surface area contributed by atoms with Crippen molar-refractivity contribution in [2.24, 2.45) is 0 Å². The molecule has 124 valence electrons. The summed E-state index contributed by atoms with van der Waals surface area (Å²) in [5.74, 6) is -0.211. The molecule has 0 aliphatic heterocycles. The van der Waals surface area contributed by atoms with E-state index in [-0.39, 0.29) is 5.91 Å². The normalized spacial score (nSPS) is 12.2. The van der Waals surface area contributed by atoms with E-state index in [2.05, 4.69) is 35.8 Å². The van der Waals surface area contributed by atoms with Crippen molar-refractivity contribution in [2.45, 2.75) is 12.6 Å². The van der Waals surface area contributed by atoms with Crippen molar-refractivity contribution in [3.8, 4) is 0 Å². The van der Waals surface area contributed by atoms with E-state index in [0.717, 1.165) is 11.1 Å². The van der Waals surface area contributed by atoms with Crippen LogP contribution in [0.5, 0.6) is 0 Å². The Labute approximate surface area is 141 Å². The number of nitrogens with zero attached hydrogens (tertiary/aromatic N) is 6. The van der Waals surface area contributed by atoms with E-state index >= 15 is 0 Å². The van der Waals surface area contributed by atoms with E-state index in [1.54, 1.807) is 6.07 Å². The van der Waals surface area contributed by atoms with E-state index in [4.69, 9.17) is 0 Å². The SMILES string of the molecule is O=C(NCc1ccc2nonc2c1)[C@H](c1ccccc1)n1cnnn1. The number of hydrogen-bond acceptors (Lipinski definition) is 7. The fourth-order valence-corrected chi connectivity index (χ4v) is 2.57. The molecule has 0 aliphatic carbocycles. The Kier molecular flexibility index (Phi) is 3.87. The van der Waals surface area contributed by atoms with E-state index < -0.39 is 6.04 Å². The number of fused-ring (bicyclic) bond motifs is 1. The van der Waals surface area contributed by atoms with Gasteiger partial charge < -0.3 is 5.32 Å². The summed E-state index contributed by atoms with van der Waals surface area (Å²) in [5, 5.41) is 21.6. The van der Waals surface area contributed by atoms with Gasteiger partial charge in [-0.15, -0.1) is 5.10 Å². The molecular weight excluding hydrogens is 322 g/mol. The second-order valence-corrected chi connectivity index (χ2v) is 5.41. The lowest BCUT2D eigenvalue weighted by Crippen LogP contribution is -2.33. The number of tetrazole rings is 1. The highest BCUT2D eigenvalue weighted by molar-refractivity contribution is 5.83.